The number of oxime groups is 1. The van der Waals surface area contributed by atoms with E-state index in [1.54, 1.807) is 32.2 Å². The summed E-state index contributed by atoms with van der Waals surface area (Å²) in [6.07, 6.45) is 1.43. The van der Waals surface area contributed by atoms with Crippen molar-refractivity contribution in [3.63, 3.8) is 0 Å². The van der Waals surface area contributed by atoms with Crippen molar-refractivity contribution in [2.75, 3.05) is 26.9 Å². The number of hydrogen-bond acceptors (Lipinski definition) is 6. The Morgan fingerprint density at radius 1 is 1.26 bits per heavy atom. The first kappa shape index (κ1) is 18.3. The summed E-state index contributed by atoms with van der Waals surface area (Å²) in [6.45, 7) is 4.23. The minimum Gasteiger partial charge on any atom is -0.493 e. The predicted octanol–water partition coefficient (Wildman–Crippen LogP) is 1.29. The molecule has 0 bridgehead atoms. The van der Waals surface area contributed by atoms with E-state index in [-0.39, 0.29) is 6.61 Å². The summed E-state index contributed by atoms with van der Waals surface area (Å²) in [5, 5.41) is 8.20. The fraction of sp³-hybridized carbons (Fsp3) is 0.400. The van der Waals surface area contributed by atoms with Gasteiger partial charge in [-0.25, -0.2) is 4.79 Å². The molecule has 8 heteroatoms. The van der Waals surface area contributed by atoms with Crippen LogP contribution in [0.15, 0.2) is 23.4 Å². The average molecular weight is 323 g/mol. The van der Waals surface area contributed by atoms with Crippen LogP contribution < -0.4 is 20.1 Å². The van der Waals surface area contributed by atoms with Crippen molar-refractivity contribution in [2.45, 2.75) is 13.8 Å². The molecule has 0 heterocycles. The quantitative estimate of drug-likeness (QED) is 0.555. The molecule has 126 valence electrons. The van der Waals surface area contributed by atoms with Crippen LogP contribution in [0, 0.1) is 0 Å². The van der Waals surface area contributed by atoms with Gasteiger partial charge in [0.05, 0.1) is 19.9 Å². The molecule has 23 heavy (non-hydrogen) atoms. The Kier molecular flexibility index (Phi) is 7.98. The number of ether oxygens (including phenoxy) is 2. The van der Waals surface area contributed by atoms with E-state index < -0.39 is 11.9 Å². The number of benzene rings is 1. The maximum atomic E-state index is 11.3. The highest BCUT2D eigenvalue weighted by molar-refractivity contribution is 5.94. The van der Waals surface area contributed by atoms with Gasteiger partial charge in [0, 0.05) is 12.1 Å². The van der Waals surface area contributed by atoms with Crippen molar-refractivity contribution in [3.8, 4) is 11.5 Å². The van der Waals surface area contributed by atoms with Gasteiger partial charge < -0.3 is 19.6 Å². The number of hydrogen-bond donors (Lipinski definition) is 2. The van der Waals surface area contributed by atoms with Gasteiger partial charge >= 0.3 is 6.03 Å². The summed E-state index contributed by atoms with van der Waals surface area (Å²) < 4.78 is 10.6. The normalized spacial score (nSPS) is 10.2. The van der Waals surface area contributed by atoms with Gasteiger partial charge in [0.25, 0.3) is 5.91 Å². The molecule has 0 atom stereocenters. The first-order valence-corrected chi connectivity index (χ1v) is 7.14. The van der Waals surface area contributed by atoms with E-state index in [4.69, 9.17) is 14.3 Å². The monoisotopic (exact) mass is 323 g/mol. The molecule has 0 fully saturated rings. The van der Waals surface area contributed by atoms with E-state index in [1.807, 2.05) is 6.92 Å². The Morgan fingerprint density at radius 3 is 2.70 bits per heavy atom. The molecular weight excluding hydrogens is 302 g/mol. The second-order valence-corrected chi connectivity index (χ2v) is 4.26. The zero-order valence-corrected chi connectivity index (χ0v) is 13.4. The summed E-state index contributed by atoms with van der Waals surface area (Å²) in [6, 6.07) is 4.69. The standard InChI is InChI=1S/C15H21N3O5/c1-4-16-15(20)18-14(19)10-23-17-9-11-6-7-12(22-5-2)13(8-11)21-3/h6-9H,4-5,10H2,1-3H3,(H2,16,18,19,20)/b17-9-. The molecule has 0 saturated heterocycles. The number of nitrogens with one attached hydrogen (secondary N) is 2. The lowest BCUT2D eigenvalue weighted by atomic mass is 10.2. The highest BCUT2D eigenvalue weighted by atomic mass is 16.6. The number of imide groups is 1. The summed E-state index contributed by atoms with van der Waals surface area (Å²) in [5.41, 5.74) is 0.717. The SMILES string of the molecule is CCNC(=O)NC(=O)CO/N=C\c1ccc(OCC)c(OC)c1. The van der Waals surface area contributed by atoms with Gasteiger partial charge in [-0.2, -0.15) is 0 Å². The second kappa shape index (κ2) is 10.0. The van der Waals surface area contributed by atoms with Crippen LogP contribution in [0.25, 0.3) is 0 Å². The van der Waals surface area contributed by atoms with E-state index >= 15 is 0 Å². The summed E-state index contributed by atoms with van der Waals surface area (Å²) >= 11 is 0. The Labute approximate surface area is 134 Å². The highest BCUT2D eigenvalue weighted by Gasteiger charge is 2.07. The molecule has 3 amide bonds. The molecule has 1 rings (SSSR count). The molecule has 2 N–H and O–H groups in total. The van der Waals surface area contributed by atoms with Gasteiger partial charge in [-0.1, -0.05) is 5.16 Å². The third kappa shape index (κ3) is 6.68. The molecular formula is C15H21N3O5. The van der Waals surface area contributed by atoms with Crippen molar-refractivity contribution < 1.29 is 23.9 Å². The van der Waals surface area contributed by atoms with Crippen molar-refractivity contribution in [1.29, 1.82) is 0 Å². The molecule has 0 aliphatic rings. The molecule has 1 aromatic rings. The van der Waals surface area contributed by atoms with Crippen LogP contribution in [-0.4, -0.2) is 45.0 Å². The third-order valence-electron chi connectivity index (χ3n) is 2.55. The van der Waals surface area contributed by atoms with Crippen LogP contribution in [0.2, 0.25) is 0 Å². The third-order valence-corrected chi connectivity index (χ3v) is 2.55. The van der Waals surface area contributed by atoms with Gasteiger partial charge in [0.15, 0.2) is 18.1 Å². The topological polar surface area (TPSA) is 98.3 Å². The van der Waals surface area contributed by atoms with Gasteiger partial charge in [0.1, 0.15) is 0 Å². The lowest BCUT2D eigenvalue weighted by Crippen LogP contribution is -2.40. The number of carbonyl (C=O) groups is 2. The van der Waals surface area contributed by atoms with E-state index in [1.165, 1.54) is 6.21 Å². The lowest BCUT2D eigenvalue weighted by Gasteiger charge is -2.09. The summed E-state index contributed by atoms with van der Waals surface area (Å²) in [5.74, 6) is 0.622. The number of urea groups is 1. The first-order chi connectivity index (χ1) is 11.1. The molecule has 0 unspecified atom stereocenters. The fourth-order valence-electron chi connectivity index (χ4n) is 1.60. The lowest BCUT2D eigenvalue weighted by molar-refractivity contribution is -0.124. The van der Waals surface area contributed by atoms with E-state index in [9.17, 15) is 9.59 Å². The molecule has 0 aromatic heterocycles. The van der Waals surface area contributed by atoms with Crippen LogP contribution in [0.4, 0.5) is 4.79 Å². The Balaban J connectivity index is 2.48. The van der Waals surface area contributed by atoms with Crippen LogP contribution in [0.3, 0.4) is 0 Å². The van der Waals surface area contributed by atoms with Crippen molar-refractivity contribution in [3.05, 3.63) is 23.8 Å². The summed E-state index contributed by atoms with van der Waals surface area (Å²) in [7, 11) is 1.54. The minimum atomic E-state index is -0.586. The zero-order chi connectivity index (χ0) is 17.1. The maximum Gasteiger partial charge on any atom is 0.321 e. The first-order valence-electron chi connectivity index (χ1n) is 7.14. The maximum absolute atomic E-state index is 11.3. The van der Waals surface area contributed by atoms with Gasteiger partial charge in [-0.15, -0.1) is 0 Å². The molecule has 8 nitrogen and oxygen atoms in total. The van der Waals surface area contributed by atoms with E-state index in [0.29, 0.717) is 24.7 Å². The predicted molar refractivity (Wildman–Crippen MR) is 84.9 cm³/mol. The molecule has 0 spiro atoms. The van der Waals surface area contributed by atoms with Crippen LogP contribution in [0.5, 0.6) is 11.5 Å². The highest BCUT2D eigenvalue weighted by Crippen LogP contribution is 2.27. The van der Waals surface area contributed by atoms with Gasteiger partial charge in [-0.05, 0) is 32.0 Å². The zero-order valence-electron chi connectivity index (χ0n) is 13.4. The molecule has 0 saturated carbocycles. The van der Waals surface area contributed by atoms with Gasteiger partial charge in [0.2, 0.25) is 0 Å². The Hall–Kier alpha value is -2.77. The van der Waals surface area contributed by atoms with Crippen LogP contribution in [-0.2, 0) is 9.63 Å². The number of carbonyl (C=O) groups excluding carboxylic acids is 2. The van der Waals surface area contributed by atoms with Gasteiger partial charge in [-0.3, -0.25) is 10.1 Å². The van der Waals surface area contributed by atoms with Crippen LogP contribution >= 0.6 is 0 Å². The van der Waals surface area contributed by atoms with E-state index in [0.717, 1.165) is 5.56 Å². The Morgan fingerprint density at radius 2 is 2.04 bits per heavy atom. The number of nitrogens with zero attached hydrogens (tertiary/aromatic N) is 1. The Bertz CT molecular complexity index is 560. The largest absolute Gasteiger partial charge is 0.493 e. The average Bonchev–Trinajstić information content (AvgIpc) is 2.53. The van der Waals surface area contributed by atoms with Crippen LogP contribution in [0.1, 0.15) is 19.4 Å². The fourth-order valence-corrected chi connectivity index (χ4v) is 1.60. The molecule has 0 aliphatic carbocycles. The molecule has 1 aromatic carbocycles. The minimum absolute atomic E-state index is 0.359. The van der Waals surface area contributed by atoms with E-state index in [2.05, 4.69) is 15.8 Å². The number of methoxy groups -OCH3 is 1. The van der Waals surface area contributed by atoms with Crippen molar-refractivity contribution >= 4 is 18.2 Å². The van der Waals surface area contributed by atoms with Crippen molar-refractivity contribution in [2.24, 2.45) is 5.16 Å². The molecule has 0 radical (unpaired) electrons. The molecule has 0 aliphatic heterocycles. The second-order valence-electron chi connectivity index (χ2n) is 4.26. The summed E-state index contributed by atoms with van der Waals surface area (Å²) in [4.78, 5) is 27.3. The number of rotatable bonds is 8. The van der Waals surface area contributed by atoms with Crippen molar-refractivity contribution in [1.82, 2.24) is 10.6 Å². The smallest absolute Gasteiger partial charge is 0.321 e. The number of amides is 3.